The molecular weight excluding hydrogens is 206 g/mol. The van der Waals surface area contributed by atoms with E-state index in [0.29, 0.717) is 13.1 Å². The molecule has 1 rings (SSSR count). The number of rotatable bonds is 4. The molecule has 0 aromatic carbocycles. The molecule has 1 fully saturated rings. The molecule has 16 heavy (non-hydrogen) atoms. The Morgan fingerprint density at radius 3 is 2.50 bits per heavy atom. The summed E-state index contributed by atoms with van der Waals surface area (Å²) in [5, 5.41) is 12.8. The van der Waals surface area contributed by atoms with E-state index in [-0.39, 0.29) is 5.91 Å². The second-order valence-corrected chi connectivity index (χ2v) is 5.12. The summed E-state index contributed by atoms with van der Waals surface area (Å²) < 4.78 is 0. The van der Waals surface area contributed by atoms with Gasteiger partial charge in [0.05, 0.1) is 12.1 Å². The van der Waals surface area contributed by atoms with Gasteiger partial charge in [-0.05, 0) is 20.9 Å². The van der Waals surface area contributed by atoms with Crippen molar-refractivity contribution in [3.8, 4) is 0 Å². The Kier molecular flexibility index (Phi) is 4.70. The van der Waals surface area contributed by atoms with Gasteiger partial charge in [0, 0.05) is 32.7 Å². The van der Waals surface area contributed by atoms with Gasteiger partial charge in [0.15, 0.2) is 0 Å². The van der Waals surface area contributed by atoms with E-state index >= 15 is 0 Å². The maximum atomic E-state index is 11.9. The quantitative estimate of drug-likeness (QED) is 0.657. The van der Waals surface area contributed by atoms with Gasteiger partial charge >= 0.3 is 0 Å². The summed E-state index contributed by atoms with van der Waals surface area (Å²) >= 11 is 0. The van der Waals surface area contributed by atoms with Crippen LogP contribution in [-0.4, -0.2) is 72.7 Å². The summed E-state index contributed by atoms with van der Waals surface area (Å²) in [5.41, 5.74) is -0.752. The standard InChI is InChI=1S/C11H23N3O2/c1-11(2,16)9-13(3)8-10(15)14-6-4-12-5-7-14/h12,16H,4-9H2,1-3H3. The van der Waals surface area contributed by atoms with Gasteiger partial charge in [-0.15, -0.1) is 0 Å². The van der Waals surface area contributed by atoms with Gasteiger partial charge in [-0.3, -0.25) is 9.69 Å². The molecule has 0 spiro atoms. The third-order valence-corrected chi connectivity index (χ3v) is 2.53. The van der Waals surface area contributed by atoms with Gasteiger partial charge in [0.2, 0.25) is 5.91 Å². The predicted molar refractivity (Wildman–Crippen MR) is 63.2 cm³/mol. The number of piperazine rings is 1. The average molecular weight is 229 g/mol. The molecule has 5 nitrogen and oxygen atoms in total. The van der Waals surface area contributed by atoms with Crippen LogP contribution in [-0.2, 0) is 4.79 Å². The molecule has 1 heterocycles. The van der Waals surface area contributed by atoms with Gasteiger partial charge in [-0.2, -0.15) is 0 Å². The Morgan fingerprint density at radius 1 is 1.44 bits per heavy atom. The van der Waals surface area contributed by atoms with Gasteiger partial charge in [-0.25, -0.2) is 0 Å². The Morgan fingerprint density at radius 2 is 2.00 bits per heavy atom. The van der Waals surface area contributed by atoms with E-state index in [0.717, 1.165) is 26.2 Å². The minimum Gasteiger partial charge on any atom is -0.389 e. The number of hydrogen-bond donors (Lipinski definition) is 2. The fourth-order valence-electron chi connectivity index (χ4n) is 1.96. The smallest absolute Gasteiger partial charge is 0.236 e. The number of carbonyl (C=O) groups is 1. The summed E-state index contributed by atoms with van der Waals surface area (Å²) in [6.45, 7) is 7.71. The highest BCUT2D eigenvalue weighted by Crippen LogP contribution is 2.03. The van der Waals surface area contributed by atoms with Crippen LogP contribution in [0.2, 0.25) is 0 Å². The summed E-state index contributed by atoms with van der Waals surface area (Å²) in [6, 6.07) is 0. The Balaban J connectivity index is 2.32. The first-order chi connectivity index (χ1) is 7.38. The number of likely N-dealkylation sites (N-methyl/N-ethyl adjacent to an activating group) is 1. The first-order valence-corrected chi connectivity index (χ1v) is 5.78. The topological polar surface area (TPSA) is 55.8 Å². The molecule has 0 unspecified atom stereocenters. The van der Waals surface area contributed by atoms with Crippen LogP contribution in [0.25, 0.3) is 0 Å². The van der Waals surface area contributed by atoms with Crippen LogP contribution in [0.3, 0.4) is 0 Å². The monoisotopic (exact) mass is 229 g/mol. The lowest BCUT2D eigenvalue weighted by molar-refractivity contribution is -0.133. The second kappa shape index (κ2) is 5.61. The highest BCUT2D eigenvalue weighted by atomic mass is 16.3. The van der Waals surface area contributed by atoms with Gasteiger partial charge in [0.1, 0.15) is 0 Å². The van der Waals surface area contributed by atoms with Crippen molar-refractivity contribution in [2.24, 2.45) is 0 Å². The van der Waals surface area contributed by atoms with E-state index in [1.54, 1.807) is 13.8 Å². The fraction of sp³-hybridized carbons (Fsp3) is 0.909. The molecule has 1 saturated heterocycles. The van der Waals surface area contributed by atoms with Gasteiger partial charge in [-0.1, -0.05) is 0 Å². The van der Waals surface area contributed by atoms with E-state index in [1.165, 1.54) is 0 Å². The molecule has 0 aromatic rings. The van der Waals surface area contributed by atoms with Crippen molar-refractivity contribution >= 4 is 5.91 Å². The molecule has 0 radical (unpaired) electrons. The average Bonchev–Trinajstić information content (AvgIpc) is 2.16. The molecule has 1 amide bonds. The number of nitrogens with zero attached hydrogens (tertiary/aromatic N) is 2. The maximum Gasteiger partial charge on any atom is 0.236 e. The maximum absolute atomic E-state index is 11.9. The van der Waals surface area contributed by atoms with Crippen molar-refractivity contribution in [1.82, 2.24) is 15.1 Å². The summed E-state index contributed by atoms with van der Waals surface area (Å²) in [5.74, 6) is 0.147. The largest absolute Gasteiger partial charge is 0.389 e. The van der Waals surface area contributed by atoms with Gasteiger partial charge in [0.25, 0.3) is 0 Å². The molecular formula is C11H23N3O2. The Labute approximate surface area is 97.4 Å². The van der Waals surface area contributed by atoms with Crippen LogP contribution < -0.4 is 5.32 Å². The lowest BCUT2D eigenvalue weighted by Crippen LogP contribution is -2.50. The van der Waals surface area contributed by atoms with E-state index < -0.39 is 5.60 Å². The normalized spacial score (nSPS) is 17.9. The fourth-order valence-corrected chi connectivity index (χ4v) is 1.96. The number of carbonyl (C=O) groups excluding carboxylic acids is 1. The summed E-state index contributed by atoms with van der Waals surface area (Å²) in [4.78, 5) is 15.6. The lowest BCUT2D eigenvalue weighted by Gasteiger charge is -2.30. The van der Waals surface area contributed by atoms with Crippen molar-refractivity contribution in [2.75, 3.05) is 46.3 Å². The molecule has 0 atom stereocenters. The van der Waals surface area contributed by atoms with Crippen LogP contribution in [0.15, 0.2) is 0 Å². The van der Waals surface area contributed by atoms with Crippen LogP contribution in [0.5, 0.6) is 0 Å². The first kappa shape index (κ1) is 13.4. The lowest BCUT2D eigenvalue weighted by atomic mass is 10.1. The zero-order valence-electron chi connectivity index (χ0n) is 10.5. The van der Waals surface area contributed by atoms with Crippen LogP contribution in [0.4, 0.5) is 0 Å². The minimum absolute atomic E-state index is 0.147. The molecule has 94 valence electrons. The molecule has 1 aliphatic heterocycles. The van der Waals surface area contributed by atoms with Crippen molar-refractivity contribution in [1.29, 1.82) is 0 Å². The SMILES string of the molecule is CN(CC(=O)N1CCNCC1)CC(C)(C)O. The van der Waals surface area contributed by atoms with E-state index in [2.05, 4.69) is 5.32 Å². The van der Waals surface area contributed by atoms with Crippen molar-refractivity contribution < 1.29 is 9.90 Å². The highest BCUT2D eigenvalue weighted by Gasteiger charge is 2.21. The van der Waals surface area contributed by atoms with Crippen LogP contribution >= 0.6 is 0 Å². The predicted octanol–water partition coefficient (Wildman–Crippen LogP) is -0.879. The molecule has 0 aliphatic carbocycles. The summed E-state index contributed by atoms with van der Waals surface area (Å²) in [7, 11) is 1.86. The zero-order chi connectivity index (χ0) is 12.2. The minimum atomic E-state index is -0.752. The number of nitrogens with one attached hydrogen (secondary N) is 1. The molecule has 0 saturated carbocycles. The number of hydrogen-bond acceptors (Lipinski definition) is 4. The molecule has 0 bridgehead atoms. The molecule has 0 aromatic heterocycles. The number of amides is 1. The molecule has 2 N–H and O–H groups in total. The van der Waals surface area contributed by atoms with Crippen LogP contribution in [0.1, 0.15) is 13.8 Å². The Bertz CT molecular complexity index is 232. The van der Waals surface area contributed by atoms with Crippen molar-refractivity contribution in [3.05, 3.63) is 0 Å². The zero-order valence-corrected chi connectivity index (χ0v) is 10.5. The Hall–Kier alpha value is -0.650. The third kappa shape index (κ3) is 4.92. The molecule has 1 aliphatic rings. The van der Waals surface area contributed by atoms with Gasteiger partial charge < -0.3 is 15.3 Å². The molecule has 5 heteroatoms. The second-order valence-electron chi connectivity index (χ2n) is 5.12. The van der Waals surface area contributed by atoms with E-state index in [9.17, 15) is 9.90 Å². The highest BCUT2D eigenvalue weighted by molar-refractivity contribution is 5.78. The van der Waals surface area contributed by atoms with Crippen molar-refractivity contribution in [3.63, 3.8) is 0 Å². The first-order valence-electron chi connectivity index (χ1n) is 5.78. The van der Waals surface area contributed by atoms with E-state index in [1.807, 2.05) is 16.8 Å². The van der Waals surface area contributed by atoms with E-state index in [4.69, 9.17) is 0 Å². The van der Waals surface area contributed by atoms with Crippen molar-refractivity contribution in [2.45, 2.75) is 19.4 Å². The number of aliphatic hydroxyl groups is 1. The third-order valence-electron chi connectivity index (χ3n) is 2.53. The van der Waals surface area contributed by atoms with Crippen LogP contribution in [0, 0.1) is 0 Å². The summed E-state index contributed by atoms with van der Waals surface area (Å²) in [6.07, 6.45) is 0.